The smallest absolute Gasteiger partial charge is 0.235 e. The van der Waals surface area contributed by atoms with E-state index in [1.54, 1.807) is 0 Å². The Morgan fingerprint density at radius 2 is 1.02 bits per heavy atom. The highest BCUT2D eigenvalue weighted by atomic mass is 16.5. The van der Waals surface area contributed by atoms with Crippen molar-refractivity contribution in [2.24, 2.45) is 0 Å². The Morgan fingerprint density at radius 1 is 0.404 bits per heavy atom. The Hall–Kier alpha value is -6.46. The molecule has 7 aromatic carbocycles. The summed E-state index contributed by atoms with van der Waals surface area (Å²) < 4.78 is 10.9. The molecular weight excluding hydrogens is 576 g/mol. The van der Waals surface area contributed by atoms with Gasteiger partial charge in [-0.2, -0.15) is 0 Å². The number of hydrogen-bond donors (Lipinski definition) is 0. The molecule has 4 heterocycles. The lowest BCUT2D eigenvalue weighted by molar-refractivity contribution is 0.486. The van der Waals surface area contributed by atoms with E-state index in [1.807, 2.05) is 36.4 Å². The molecule has 5 heteroatoms. The fourth-order valence-corrected chi connectivity index (χ4v) is 7.80. The fraction of sp³-hybridized carbons (Fsp3) is 0. The van der Waals surface area contributed by atoms with Crippen molar-refractivity contribution >= 4 is 65.3 Å². The van der Waals surface area contributed by atoms with Crippen LogP contribution in [-0.4, -0.2) is 19.1 Å². The summed E-state index contributed by atoms with van der Waals surface area (Å²) in [5, 5.41) is 8.27. The van der Waals surface area contributed by atoms with Crippen LogP contribution in [0.5, 0.6) is 11.5 Å². The number of fused-ring (bicyclic) bond motifs is 11. The number of ether oxygens (including phenoxy) is 1. The number of rotatable bonds is 2. The summed E-state index contributed by atoms with van der Waals surface area (Å²) in [7, 11) is 0. The predicted molar refractivity (Wildman–Crippen MR) is 191 cm³/mol. The highest BCUT2D eigenvalue weighted by molar-refractivity contribution is 6.29. The summed E-state index contributed by atoms with van der Waals surface area (Å²) in [4.78, 5) is 10.5. The first-order valence-electron chi connectivity index (χ1n) is 15.9. The lowest BCUT2D eigenvalue weighted by Gasteiger charge is -2.20. The van der Waals surface area contributed by atoms with Crippen LogP contribution in [0.1, 0.15) is 0 Å². The van der Waals surface area contributed by atoms with E-state index in [2.05, 4.69) is 118 Å². The van der Waals surface area contributed by atoms with Gasteiger partial charge in [0.1, 0.15) is 11.5 Å². The first-order valence-corrected chi connectivity index (χ1v) is 15.9. The first-order chi connectivity index (χ1) is 23.3. The fourth-order valence-electron chi connectivity index (χ4n) is 7.80. The van der Waals surface area contributed by atoms with Crippen molar-refractivity contribution < 1.29 is 4.74 Å². The molecule has 0 saturated carbocycles. The number of benzene rings is 7. The highest BCUT2D eigenvalue weighted by Gasteiger charge is 2.25. The van der Waals surface area contributed by atoms with Gasteiger partial charge < -0.3 is 9.30 Å². The summed E-state index contributed by atoms with van der Waals surface area (Å²) in [6.07, 6.45) is 0. The zero-order valence-corrected chi connectivity index (χ0v) is 25.1. The molecule has 3 aromatic heterocycles. The monoisotopic (exact) mass is 600 g/mol. The molecule has 0 N–H and O–H groups in total. The summed E-state index contributed by atoms with van der Waals surface area (Å²) in [5.41, 5.74) is 8.43. The summed E-state index contributed by atoms with van der Waals surface area (Å²) in [6, 6.07) is 51.2. The van der Waals surface area contributed by atoms with Gasteiger partial charge in [-0.1, -0.05) is 84.9 Å². The molecule has 0 radical (unpaired) electrons. The second kappa shape index (κ2) is 9.05. The van der Waals surface area contributed by atoms with Gasteiger partial charge in [0.05, 0.1) is 38.7 Å². The maximum absolute atomic E-state index is 6.28. The van der Waals surface area contributed by atoms with Crippen LogP contribution in [-0.2, 0) is 0 Å². The standard InChI is InChI=1S/C42H24N4O/c1-2-11-25(12-3-1)45-32-17-7-4-13-28(32)38-26-22-24-35-39(27(26)21-23-34(38)45)29-14-5-8-18-33(29)46(35)42-43-31-16-10-20-37-40(31)41(44-42)30-15-6-9-19-36(30)47-37/h1-24H. The summed E-state index contributed by atoms with van der Waals surface area (Å²) >= 11 is 0. The maximum Gasteiger partial charge on any atom is 0.235 e. The number of nitrogens with zero attached hydrogens (tertiary/aromatic N) is 4. The third-order valence-corrected chi connectivity index (χ3v) is 9.72. The largest absolute Gasteiger partial charge is 0.456 e. The second-order valence-corrected chi connectivity index (χ2v) is 12.2. The average molecular weight is 601 g/mol. The van der Waals surface area contributed by atoms with Crippen molar-refractivity contribution in [3.63, 3.8) is 0 Å². The maximum atomic E-state index is 6.28. The molecule has 0 spiro atoms. The Kier molecular flexibility index (Phi) is 4.78. The van der Waals surface area contributed by atoms with E-state index in [-0.39, 0.29) is 0 Å². The molecule has 5 nitrogen and oxygen atoms in total. The van der Waals surface area contributed by atoms with Crippen molar-refractivity contribution in [1.29, 1.82) is 0 Å². The summed E-state index contributed by atoms with van der Waals surface area (Å²) in [5.74, 6) is 2.24. The molecule has 0 saturated heterocycles. The SMILES string of the molecule is c1ccc(-n2c3ccccc3c3c4ccc5c(c4ccc32)c2ccccc2n5-c2nc3c4c(cccc4n2)Oc2ccccc2-3)cc1. The zero-order valence-electron chi connectivity index (χ0n) is 25.1. The van der Waals surface area contributed by atoms with Crippen molar-refractivity contribution in [1.82, 2.24) is 19.1 Å². The van der Waals surface area contributed by atoms with E-state index in [0.717, 1.165) is 50.4 Å². The van der Waals surface area contributed by atoms with Gasteiger partial charge in [0.25, 0.3) is 0 Å². The molecule has 1 aliphatic rings. The molecule has 0 aliphatic carbocycles. The molecule has 11 rings (SSSR count). The average Bonchev–Trinajstić information content (AvgIpc) is 3.65. The highest BCUT2D eigenvalue weighted by Crippen LogP contribution is 2.46. The zero-order chi connectivity index (χ0) is 30.6. The molecular formula is C42H24N4O. The lowest BCUT2D eigenvalue weighted by atomic mass is 9.99. The minimum Gasteiger partial charge on any atom is -0.456 e. The van der Waals surface area contributed by atoms with E-state index in [4.69, 9.17) is 14.7 Å². The van der Waals surface area contributed by atoms with Crippen molar-refractivity contribution in [2.45, 2.75) is 0 Å². The molecule has 0 fully saturated rings. The quantitative estimate of drug-likeness (QED) is 0.198. The predicted octanol–water partition coefficient (Wildman–Crippen LogP) is 10.7. The van der Waals surface area contributed by atoms with Crippen LogP contribution in [0.2, 0.25) is 0 Å². The van der Waals surface area contributed by atoms with Gasteiger partial charge >= 0.3 is 0 Å². The van der Waals surface area contributed by atoms with Gasteiger partial charge in [0, 0.05) is 32.8 Å². The molecule has 1 aliphatic heterocycles. The van der Waals surface area contributed by atoms with Crippen LogP contribution in [0.4, 0.5) is 0 Å². The van der Waals surface area contributed by atoms with Gasteiger partial charge in [0.15, 0.2) is 0 Å². The molecule has 10 aromatic rings. The Balaban J connectivity index is 1.26. The van der Waals surface area contributed by atoms with Crippen LogP contribution in [0, 0.1) is 0 Å². The van der Waals surface area contributed by atoms with E-state index >= 15 is 0 Å². The van der Waals surface area contributed by atoms with E-state index < -0.39 is 0 Å². The number of hydrogen-bond acceptors (Lipinski definition) is 3. The molecule has 47 heavy (non-hydrogen) atoms. The van der Waals surface area contributed by atoms with Gasteiger partial charge in [-0.15, -0.1) is 0 Å². The molecule has 0 amide bonds. The van der Waals surface area contributed by atoms with Crippen LogP contribution in [0.15, 0.2) is 146 Å². The van der Waals surface area contributed by atoms with Crippen LogP contribution < -0.4 is 4.74 Å². The minimum atomic E-state index is 0.647. The van der Waals surface area contributed by atoms with Crippen molar-refractivity contribution in [2.75, 3.05) is 0 Å². The third kappa shape index (κ3) is 3.27. The van der Waals surface area contributed by atoms with Crippen LogP contribution in [0.3, 0.4) is 0 Å². The van der Waals surface area contributed by atoms with Gasteiger partial charge in [-0.3, -0.25) is 4.57 Å². The third-order valence-electron chi connectivity index (χ3n) is 9.72. The van der Waals surface area contributed by atoms with Gasteiger partial charge in [-0.05, 0) is 71.4 Å². The summed E-state index contributed by atoms with van der Waals surface area (Å²) in [6.45, 7) is 0. The molecule has 0 unspecified atom stereocenters. The van der Waals surface area contributed by atoms with Crippen molar-refractivity contribution in [3.8, 4) is 34.4 Å². The molecule has 0 bridgehead atoms. The Bertz CT molecular complexity index is 2940. The number of para-hydroxylation sites is 4. The van der Waals surface area contributed by atoms with E-state index in [9.17, 15) is 0 Å². The first kappa shape index (κ1) is 24.8. The second-order valence-electron chi connectivity index (χ2n) is 12.2. The number of aromatic nitrogens is 4. The van der Waals surface area contributed by atoms with Crippen LogP contribution in [0.25, 0.3) is 88.2 Å². The van der Waals surface area contributed by atoms with E-state index in [0.29, 0.717) is 5.95 Å². The molecule has 0 atom stereocenters. The topological polar surface area (TPSA) is 44.9 Å². The van der Waals surface area contributed by atoms with Crippen LogP contribution >= 0.6 is 0 Å². The normalized spacial score (nSPS) is 12.4. The Labute approximate surface area is 268 Å². The van der Waals surface area contributed by atoms with Crippen molar-refractivity contribution in [3.05, 3.63) is 146 Å². The lowest BCUT2D eigenvalue weighted by Crippen LogP contribution is -2.06. The Morgan fingerprint density at radius 3 is 1.79 bits per heavy atom. The minimum absolute atomic E-state index is 0.647. The van der Waals surface area contributed by atoms with Gasteiger partial charge in [0.2, 0.25) is 5.95 Å². The van der Waals surface area contributed by atoms with Gasteiger partial charge in [-0.25, -0.2) is 9.97 Å². The molecule has 218 valence electrons. The van der Waals surface area contributed by atoms with E-state index in [1.165, 1.54) is 43.4 Å².